The average Bonchev–Trinajstić information content (AvgIpc) is 3.16. The highest BCUT2D eigenvalue weighted by molar-refractivity contribution is 7.18. The van der Waals surface area contributed by atoms with Gasteiger partial charge in [-0.25, -0.2) is 4.98 Å². The molecule has 0 unspecified atom stereocenters. The van der Waals surface area contributed by atoms with Crippen molar-refractivity contribution >= 4 is 38.4 Å². The number of fused-ring (bicyclic) bond motifs is 2. The van der Waals surface area contributed by atoms with E-state index in [4.69, 9.17) is 4.98 Å². The van der Waals surface area contributed by atoms with Crippen molar-refractivity contribution in [3.63, 3.8) is 0 Å². The maximum absolute atomic E-state index is 13.1. The van der Waals surface area contributed by atoms with E-state index in [0.717, 1.165) is 54.2 Å². The first-order valence-corrected chi connectivity index (χ1v) is 10.3. The third kappa shape index (κ3) is 3.25. The lowest BCUT2D eigenvalue weighted by Crippen LogP contribution is -2.48. The Morgan fingerprint density at radius 1 is 0.964 bits per heavy atom. The van der Waals surface area contributed by atoms with E-state index in [1.165, 1.54) is 4.70 Å². The van der Waals surface area contributed by atoms with Crippen molar-refractivity contribution in [2.24, 2.45) is 0 Å². The number of rotatable bonds is 3. The minimum Gasteiger partial charge on any atom is -0.336 e. The Bertz CT molecular complexity index is 1110. The maximum atomic E-state index is 13.1. The zero-order valence-corrected chi connectivity index (χ0v) is 16.2. The number of thiazole rings is 1. The van der Waals surface area contributed by atoms with Gasteiger partial charge in [0.15, 0.2) is 0 Å². The predicted molar refractivity (Wildman–Crippen MR) is 113 cm³/mol. The number of piperazine rings is 1. The maximum Gasteiger partial charge on any atom is 0.256 e. The van der Waals surface area contributed by atoms with E-state index in [9.17, 15) is 4.79 Å². The first-order valence-electron chi connectivity index (χ1n) is 9.48. The van der Waals surface area contributed by atoms with Crippen LogP contribution in [0.25, 0.3) is 21.1 Å². The van der Waals surface area contributed by atoms with Crippen molar-refractivity contribution in [1.29, 1.82) is 0 Å². The van der Waals surface area contributed by atoms with Crippen LogP contribution in [0.5, 0.6) is 0 Å². The SMILES string of the molecule is O=C(c1cccc2cccnc12)N1CCN(Cc2nc3ccccc3s2)CC1. The number of amides is 1. The summed E-state index contributed by atoms with van der Waals surface area (Å²) in [6.45, 7) is 4.02. The molecule has 1 fully saturated rings. The van der Waals surface area contributed by atoms with E-state index in [1.807, 2.05) is 41.3 Å². The molecule has 6 heteroatoms. The van der Waals surface area contributed by atoms with Crippen LogP contribution in [-0.2, 0) is 6.54 Å². The van der Waals surface area contributed by atoms with Crippen LogP contribution in [0.4, 0.5) is 0 Å². The lowest BCUT2D eigenvalue weighted by atomic mass is 10.1. The van der Waals surface area contributed by atoms with Gasteiger partial charge in [0, 0.05) is 37.8 Å². The molecular weight excluding hydrogens is 368 g/mol. The molecule has 1 aliphatic rings. The summed E-state index contributed by atoms with van der Waals surface area (Å²) in [5, 5.41) is 2.14. The zero-order chi connectivity index (χ0) is 18.9. The van der Waals surface area contributed by atoms with Crippen LogP contribution in [0.2, 0.25) is 0 Å². The van der Waals surface area contributed by atoms with E-state index < -0.39 is 0 Å². The molecule has 0 radical (unpaired) electrons. The Labute approximate surface area is 167 Å². The van der Waals surface area contributed by atoms with Gasteiger partial charge < -0.3 is 4.90 Å². The summed E-state index contributed by atoms with van der Waals surface area (Å²) in [6.07, 6.45) is 1.75. The highest BCUT2D eigenvalue weighted by atomic mass is 32.1. The molecule has 4 aromatic rings. The summed E-state index contributed by atoms with van der Waals surface area (Å²) in [4.78, 5) is 26.5. The largest absolute Gasteiger partial charge is 0.336 e. The molecule has 28 heavy (non-hydrogen) atoms. The van der Waals surface area contributed by atoms with Gasteiger partial charge in [-0.15, -0.1) is 11.3 Å². The number of hydrogen-bond acceptors (Lipinski definition) is 5. The summed E-state index contributed by atoms with van der Waals surface area (Å²) in [5.41, 5.74) is 2.55. The molecule has 0 aliphatic carbocycles. The normalized spacial score (nSPS) is 15.4. The van der Waals surface area contributed by atoms with Crippen molar-refractivity contribution in [3.05, 3.63) is 71.4 Å². The fraction of sp³-hybridized carbons (Fsp3) is 0.227. The molecule has 0 N–H and O–H groups in total. The number of para-hydroxylation sites is 2. The number of pyridine rings is 1. The topological polar surface area (TPSA) is 49.3 Å². The minimum absolute atomic E-state index is 0.0731. The molecular formula is C22H20N4OS. The predicted octanol–water partition coefficient (Wildman–Crippen LogP) is 3.80. The van der Waals surface area contributed by atoms with Crippen LogP contribution in [0.15, 0.2) is 60.8 Å². The number of aromatic nitrogens is 2. The van der Waals surface area contributed by atoms with Gasteiger partial charge in [-0.3, -0.25) is 14.7 Å². The molecule has 140 valence electrons. The van der Waals surface area contributed by atoms with Gasteiger partial charge in [0.2, 0.25) is 0 Å². The van der Waals surface area contributed by atoms with Crippen molar-refractivity contribution in [2.45, 2.75) is 6.54 Å². The van der Waals surface area contributed by atoms with Crippen LogP contribution in [-0.4, -0.2) is 51.9 Å². The number of carbonyl (C=O) groups excluding carboxylic acids is 1. The number of benzene rings is 2. The summed E-state index contributed by atoms with van der Waals surface area (Å²) in [7, 11) is 0. The van der Waals surface area contributed by atoms with E-state index in [2.05, 4.69) is 28.1 Å². The molecule has 0 atom stereocenters. The van der Waals surface area contributed by atoms with E-state index >= 15 is 0 Å². The Kier molecular flexibility index (Phi) is 4.50. The van der Waals surface area contributed by atoms with E-state index in [-0.39, 0.29) is 5.91 Å². The molecule has 1 aliphatic heterocycles. The highest BCUT2D eigenvalue weighted by Crippen LogP contribution is 2.23. The molecule has 2 aromatic carbocycles. The molecule has 2 aromatic heterocycles. The Morgan fingerprint density at radius 3 is 2.64 bits per heavy atom. The lowest BCUT2D eigenvalue weighted by molar-refractivity contribution is 0.0630. The van der Waals surface area contributed by atoms with Crippen LogP contribution < -0.4 is 0 Å². The highest BCUT2D eigenvalue weighted by Gasteiger charge is 2.24. The molecule has 0 saturated carbocycles. The molecule has 1 saturated heterocycles. The van der Waals surface area contributed by atoms with Crippen molar-refractivity contribution < 1.29 is 4.79 Å². The van der Waals surface area contributed by atoms with E-state index in [0.29, 0.717) is 5.56 Å². The molecule has 5 nitrogen and oxygen atoms in total. The van der Waals surface area contributed by atoms with Gasteiger partial charge in [-0.1, -0.05) is 30.3 Å². The van der Waals surface area contributed by atoms with Gasteiger partial charge in [0.25, 0.3) is 5.91 Å². The molecule has 0 bridgehead atoms. The second-order valence-electron chi connectivity index (χ2n) is 7.02. The first-order chi connectivity index (χ1) is 13.8. The standard InChI is InChI=1S/C22H20N4OS/c27-22(17-7-3-5-16-6-4-10-23-21(16)17)26-13-11-25(12-14-26)15-20-24-18-8-1-2-9-19(18)28-20/h1-10H,11-15H2. The quantitative estimate of drug-likeness (QED) is 0.536. The number of hydrogen-bond donors (Lipinski definition) is 0. The second kappa shape index (κ2) is 7.30. The summed E-state index contributed by atoms with van der Waals surface area (Å²) in [6, 6.07) is 18.0. The fourth-order valence-electron chi connectivity index (χ4n) is 3.74. The molecule has 0 spiro atoms. The lowest BCUT2D eigenvalue weighted by Gasteiger charge is -2.34. The van der Waals surface area contributed by atoms with Crippen LogP contribution in [0.1, 0.15) is 15.4 Å². The third-order valence-electron chi connectivity index (χ3n) is 5.22. The minimum atomic E-state index is 0.0731. The first kappa shape index (κ1) is 17.3. The van der Waals surface area contributed by atoms with Crippen LogP contribution in [0.3, 0.4) is 0 Å². The van der Waals surface area contributed by atoms with Crippen molar-refractivity contribution in [1.82, 2.24) is 19.8 Å². The fourth-order valence-corrected chi connectivity index (χ4v) is 4.74. The van der Waals surface area contributed by atoms with Crippen molar-refractivity contribution in [3.8, 4) is 0 Å². The summed E-state index contributed by atoms with van der Waals surface area (Å²) in [5.74, 6) is 0.0731. The van der Waals surface area contributed by atoms with Gasteiger partial charge >= 0.3 is 0 Å². The Balaban J connectivity index is 1.27. The van der Waals surface area contributed by atoms with Crippen molar-refractivity contribution in [2.75, 3.05) is 26.2 Å². The summed E-state index contributed by atoms with van der Waals surface area (Å²) >= 11 is 1.75. The van der Waals surface area contributed by atoms with Gasteiger partial charge in [-0.05, 0) is 24.3 Å². The van der Waals surface area contributed by atoms with Gasteiger partial charge in [0.1, 0.15) is 5.01 Å². The monoisotopic (exact) mass is 388 g/mol. The van der Waals surface area contributed by atoms with Crippen LogP contribution >= 0.6 is 11.3 Å². The second-order valence-corrected chi connectivity index (χ2v) is 8.14. The number of nitrogens with zero attached hydrogens (tertiary/aromatic N) is 4. The van der Waals surface area contributed by atoms with Gasteiger partial charge in [-0.2, -0.15) is 0 Å². The number of carbonyl (C=O) groups is 1. The molecule has 3 heterocycles. The van der Waals surface area contributed by atoms with E-state index in [1.54, 1.807) is 17.5 Å². The summed E-state index contributed by atoms with van der Waals surface area (Å²) < 4.78 is 1.23. The third-order valence-corrected chi connectivity index (χ3v) is 6.24. The Morgan fingerprint density at radius 2 is 1.79 bits per heavy atom. The Hall–Kier alpha value is -2.83. The average molecular weight is 388 g/mol. The molecule has 1 amide bonds. The zero-order valence-electron chi connectivity index (χ0n) is 15.4. The smallest absolute Gasteiger partial charge is 0.256 e. The van der Waals surface area contributed by atoms with Crippen LogP contribution in [0, 0.1) is 0 Å². The van der Waals surface area contributed by atoms with Gasteiger partial charge in [0.05, 0.1) is 27.8 Å². The molecule has 5 rings (SSSR count).